The molecule has 15 heavy (non-hydrogen) atoms. The first kappa shape index (κ1) is 13.7. The summed E-state index contributed by atoms with van der Waals surface area (Å²) in [5.41, 5.74) is 0. The number of carboxylic acids is 1. The maximum Gasteiger partial charge on any atom is 0.328 e. The van der Waals surface area contributed by atoms with E-state index in [-0.39, 0.29) is 6.29 Å². The Bertz CT molecular complexity index is 253. The topological polar surface area (TPSA) is 55.8 Å². The quantitative estimate of drug-likeness (QED) is 0.411. The van der Waals surface area contributed by atoms with Crippen molar-refractivity contribution >= 4 is 5.97 Å². The van der Waals surface area contributed by atoms with Crippen LogP contribution < -0.4 is 0 Å². The maximum atomic E-state index is 10.1. The Balaban J connectivity index is 3.91. The highest BCUT2D eigenvalue weighted by Crippen LogP contribution is 1.99. The summed E-state index contributed by atoms with van der Waals surface area (Å²) in [6.07, 6.45) is 2.39. The molecule has 1 N–H and O–H groups in total. The summed E-state index contributed by atoms with van der Waals surface area (Å²) in [6.45, 7) is 4.89. The third-order valence-electron chi connectivity index (χ3n) is 1.39. The van der Waals surface area contributed by atoms with Gasteiger partial charge in [-0.1, -0.05) is 11.8 Å². The second-order valence-corrected chi connectivity index (χ2v) is 2.54. The highest BCUT2D eigenvalue weighted by Gasteiger charge is 2.03. The molecule has 0 aliphatic carbocycles. The molecule has 84 valence electrons. The summed E-state index contributed by atoms with van der Waals surface area (Å²) in [7, 11) is 0. The standard InChI is InChI=1S/C11H16O4/c1-3-14-11(15-4-2)9-7-5-6-8-10(12)13/h6,8,11H,3-4,9H2,1-2H3,(H,12,13)/b8-6+. The van der Waals surface area contributed by atoms with Crippen molar-refractivity contribution in [2.45, 2.75) is 26.6 Å². The van der Waals surface area contributed by atoms with Gasteiger partial charge in [0, 0.05) is 19.3 Å². The van der Waals surface area contributed by atoms with Gasteiger partial charge in [0.2, 0.25) is 0 Å². The lowest BCUT2D eigenvalue weighted by atomic mass is 10.4. The van der Waals surface area contributed by atoms with Crippen molar-refractivity contribution in [1.82, 2.24) is 0 Å². The van der Waals surface area contributed by atoms with Gasteiger partial charge >= 0.3 is 5.97 Å². The highest BCUT2D eigenvalue weighted by atomic mass is 16.7. The van der Waals surface area contributed by atoms with Gasteiger partial charge in [-0.3, -0.25) is 0 Å². The molecule has 0 saturated carbocycles. The fourth-order valence-corrected chi connectivity index (χ4v) is 0.852. The van der Waals surface area contributed by atoms with E-state index in [0.29, 0.717) is 19.6 Å². The minimum atomic E-state index is -1.00. The molecule has 0 amide bonds. The van der Waals surface area contributed by atoms with Crippen LogP contribution in [0, 0.1) is 11.8 Å². The van der Waals surface area contributed by atoms with Gasteiger partial charge in [0.15, 0.2) is 6.29 Å². The first-order valence-corrected chi connectivity index (χ1v) is 4.81. The van der Waals surface area contributed by atoms with Gasteiger partial charge in [-0.25, -0.2) is 4.79 Å². The third kappa shape index (κ3) is 9.01. The van der Waals surface area contributed by atoms with Crippen molar-refractivity contribution < 1.29 is 19.4 Å². The normalized spacial score (nSPS) is 10.3. The highest BCUT2D eigenvalue weighted by molar-refractivity contribution is 5.80. The van der Waals surface area contributed by atoms with Crippen molar-refractivity contribution in [3.05, 3.63) is 12.2 Å². The number of rotatable bonds is 6. The molecular weight excluding hydrogens is 196 g/mol. The fraction of sp³-hybridized carbons (Fsp3) is 0.545. The van der Waals surface area contributed by atoms with Gasteiger partial charge in [0.25, 0.3) is 0 Å². The lowest BCUT2D eigenvalue weighted by Crippen LogP contribution is -2.16. The van der Waals surface area contributed by atoms with Crippen LogP contribution in [-0.2, 0) is 14.3 Å². The van der Waals surface area contributed by atoms with Crippen LogP contribution in [0.15, 0.2) is 12.2 Å². The van der Waals surface area contributed by atoms with E-state index >= 15 is 0 Å². The van der Waals surface area contributed by atoms with E-state index in [1.54, 1.807) is 0 Å². The molecule has 0 aliphatic rings. The van der Waals surface area contributed by atoms with Gasteiger partial charge in [-0.15, -0.1) is 0 Å². The summed E-state index contributed by atoms with van der Waals surface area (Å²) in [6, 6.07) is 0. The Hall–Kier alpha value is -1.31. The number of aliphatic carboxylic acids is 1. The molecule has 0 fully saturated rings. The fourth-order valence-electron chi connectivity index (χ4n) is 0.852. The van der Waals surface area contributed by atoms with E-state index in [1.165, 1.54) is 6.08 Å². The molecule has 4 heteroatoms. The van der Waals surface area contributed by atoms with E-state index in [4.69, 9.17) is 14.6 Å². The largest absolute Gasteiger partial charge is 0.478 e. The SMILES string of the molecule is CCOC(CC#C/C=C/C(=O)O)OCC. The molecule has 4 nitrogen and oxygen atoms in total. The average molecular weight is 212 g/mol. The van der Waals surface area contributed by atoms with Gasteiger partial charge in [0.1, 0.15) is 0 Å². The predicted octanol–water partition coefficient (Wildman–Crippen LogP) is 1.42. The lowest BCUT2D eigenvalue weighted by molar-refractivity contribution is -0.132. The smallest absolute Gasteiger partial charge is 0.328 e. The van der Waals surface area contributed by atoms with Gasteiger partial charge in [0.05, 0.1) is 6.42 Å². The van der Waals surface area contributed by atoms with Crippen molar-refractivity contribution in [2.24, 2.45) is 0 Å². The number of carboxylic acid groups (broad SMARTS) is 1. The summed E-state index contributed by atoms with van der Waals surface area (Å²) in [4.78, 5) is 10.1. The van der Waals surface area contributed by atoms with Crippen LogP contribution in [0.1, 0.15) is 20.3 Å². The molecule has 0 unspecified atom stereocenters. The molecular formula is C11H16O4. The van der Waals surface area contributed by atoms with Crippen LogP contribution in [0.5, 0.6) is 0 Å². The Morgan fingerprint density at radius 2 is 2.00 bits per heavy atom. The molecule has 0 heterocycles. The van der Waals surface area contributed by atoms with Gasteiger partial charge in [-0.05, 0) is 19.9 Å². The first-order chi connectivity index (χ1) is 7.20. The summed E-state index contributed by atoms with van der Waals surface area (Å²) in [5, 5.41) is 8.29. The van der Waals surface area contributed by atoms with Crippen molar-refractivity contribution in [3.8, 4) is 11.8 Å². The van der Waals surface area contributed by atoms with Gasteiger partial charge < -0.3 is 14.6 Å². The molecule has 0 rings (SSSR count). The number of ether oxygens (including phenoxy) is 2. The van der Waals surface area contributed by atoms with Crippen LogP contribution in [-0.4, -0.2) is 30.6 Å². The Morgan fingerprint density at radius 3 is 2.47 bits per heavy atom. The van der Waals surface area contributed by atoms with E-state index in [9.17, 15) is 4.79 Å². The first-order valence-electron chi connectivity index (χ1n) is 4.81. The number of carbonyl (C=O) groups is 1. The van der Waals surface area contributed by atoms with E-state index in [0.717, 1.165) is 6.08 Å². The van der Waals surface area contributed by atoms with Crippen LogP contribution in [0.25, 0.3) is 0 Å². The number of allylic oxidation sites excluding steroid dienone is 1. The zero-order valence-electron chi connectivity index (χ0n) is 9.03. The van der Waals surface area contributed by atoms with Crippen LogP contribution >= 0.6 is 0 Å². The Labute approximate surface area is 89.9 Å². The molecule has 0 saturated heterocycles. The van der Waals surface area contributed by atoms with E-state index < -0.39 is 5.97 Å². The summed E-state index contributed by atoms with van der Waals surface area (Å²) >= 11 is 0. The van der Waals surface area contributed by atoms with Crippen molar-refractivity contribution in [3.63, 3.8) is 0 Å². The second-order valence-electron chi connectivity index (χ2n) is 2.54. The lowest BCUT2D eigenvalue weighted by Gasteiger charge is -2.13. The molecule has 0 bridgehead atoms. The zero-order valence-corrected chi connectivity index (χ0v) is 9.03. The minimum Gasteiger partial charge on any atom is -0.478 e. The molecule has 0 aromatic heterocycles. The third-order valence-corrected chi connectivity index (χ3v) is 1.39. The average Bonchev–Trinajstić information content (AvgIpc) is 2.17. The maximum absolute atomic E-state index is 10.1. The molecule has 0 aromatic rings. The van der Waals surface area contributed by atoms with E-state index in [1.807, 2.05) is 13.8 Å². The Morgan fingerprint density at radius 1 is 1.40 bits per heavy atom. The summed E-state index contributed by atoms with van der Waals surface area (Å²) in [5.74, 6) is 4.35. The zero-order chi connectivity index (χ0) is 11.5. The summed E-state index contributed by atoms with van der Waals surface area (Å²) < 4.78 is 10.5. The predicted molar refractivity (Wildman–Crippen MR) is 56.2 cm³/mol. The molecule has 0 aromatic carbocycles. The Kier molecular flexibility index (Phi) is 8.44. The van der Waals surface area contributed by atoms with Crippen LogP contribution in [0.2, 0.25) is 0 Å². The molecule has 0 aliphatic heterocycles. The minimum absolute atomic E-state index is 0.328. The number of hydrogen-bond acceptors (Lipinski definition) is 3. The van der Waals surface area contributed by atoms with Crippen LogP contribution in [0.4, 0.5) is 0 Å². The van der Waals surface area contributed by atoms with Gasteiger partial charge in [-0.2, -0.15) is 0 Å². The van der Waals surface area contributed by atoms with E-state index in [2.05, 4.69) is 11.8 Å². The molecule has 0 spiro atoms. The molecule has 0 atom stereocenters. The molecule has 0 radical (unpaired) electrons. The van der Waals surface area contributed by atoms with Crippen LogP contribution in [0.3, 0.4) is 0 Å². The van der Waals surface area contributed by atoms with Crippen molar-refractivity contribution in [1.29, 1.82) is 0 Å². The second kappa shape index (κ2) is 9.25. The monoisotopic (exact) mass is 212 g/mol. The number of hydrogen-bond donors (Lipinski definition) is 1. The van der Waals surface area contributed by atoms with Crippen molar-refractivity contribution in [2.75, 3.05) is 13.2 Å².